The van der Waals surface area contributed by atoms with Crippen LogP contribution in [-0.4, -0.2) is 18.3 Å². The zero-order valence-corrected chi connectivity index (χ0v) is 27.9. The number of nitrogens with zero attached hydrogens (tertiary/aromatic N) is 3. The molecule has 0 saturated heterocycles. The molecular formula is C45H30N4S. The summed E-state index contributed by atoms with van der Waals surface area (Å²) >= 11 is 1.78. The van der Waals surface area contributed by atoms with Gasteiger partial charge in [0.05, 0.1) is 11.4 Å². The molecule has 0 amide bonds. The Kier molecular flexibility index (Phi) is 6.54. The minimum absolute atomic E-state index is 0.363. The molecule has 0 aliphatic carbocycles. The standard InChI is InChI=1S/C45H30N4S/c46-44(36-21-7-14-28-11-3-4-17-32(28)36)48-45(37-22-10-20-35-33-18-5-6-24-41(33)50-43(35)37)47-27-49-39-23-9-16-29-15-8-19-34(42(29)39)38-25-30-12-1-2-13-31(30)26-40(38)49/h1-26H,27H2,(H2,46,47,48). The molecule has 0 radical (unpaired) electrons. The van der Waals surface area contributed by atoms with Crippen molar-refractivity contribution >= 4 is 86.9 Å². The van der Waals surface area contributed by atoms with Gasteiger partial charge in [0.15, 0.2) is 5.84 Å². The van der Waals surface area contributed by atoms with Crippen molar-refractivity contribution in [2.75, 3.05) is 11.6 Å². The fourth-order valence-electron chi connectivity index (χ4n) is 7.58. The van der Waals surface area contributed by atoms with Crippen LogP contribution in [0.4, 0.5) is 11.4 Å². The maximum absolute atomic E-state index is 6.95. The number of hydrogen-bond acceptors (Lipinski definition) is 3. The predicted octanol–water partition coefficient (Wildman–Crippen LogP) is 11.4. The van der Waals surface area contributed by atoms with Gasteiger partial charge in [-0.05, 0) is 62.8 Å². The van der Waals surface area contributed by atoms with Gasteiger partial charge in [-0.3, -0.25) is 0 Å². The Balaban J connectivity index is 1.20. The summed E-state index contributed by atoms with van der Waals surface area (Å²) in [6, 6.07) is 55.8. The second kappa shape index (κ2) is 11.4. The Morgan fingerprint density at radius 1 is 0.540 bits per heavy atom. The molecule has 236 valence electrons. The minimum atomic E-state index is 0.363. The Hall–Kier alpha value is -6.30. The molecule has 1 aliphatic heterocycles. The van der Waals surface area contributed by atoms with Gasteiger partial charge < -0.3 is 10.6 Å². The topological polar surface area (TPSA) is 54.0 Å². The zero-order valence-electron chi connectivity index (χ0n) is 27.0. The van der Waals surface area contributed by atoms with Gasteiger partial charge in [0.2, 0.25) is 0 Å². The lowest BCUT2D eigenvalue weighted by molar-refractivity contribution is 0.983. The van der Waals surface area contributed by atoms with Crippen molar-refractivity contribution in [2.45, 2.75) is 0 Å². The minimum Gasteiger partial charge on any atom is -0.383 e. The second-order valence-corrected chi connectivity index (χ2v) is 13.8. The number of benzene rings is 8. The third-order valence-electron chi connectivity index (χ3n) is 9.92. The summed E-state index contributed by atoms with van der Waals surface area (Å²) in [6.07, 6.45) is 0. The monoisotopic (exact) mass is 658 g/mol. The van der Waals surface area contributed by atoms with Crippen molar-refractivity contribution in [3.8, 4) is 11.1 Å². The third-order valence-corrected chi connectivity index (χ3v) is 11.1. The number of thiophene rings is 1. The summed E-state index contributed by atoms with van der Waals surface area (Å²) in [4.78, 5) is 12.9. The van der Waals surface area contributed by atoms with Crippen LogP contribution in [0.5, 0.6) is 0 Å². The van der Waals surface area contributed by atoms with E-state index in [1.807, 2.05) is 24.3 Å². The van der Waals surface area contributed by atoms with Crippen LogP contribution in [0.25, 0.3) is 63.6 Å². The summed E-state index contributed by atoms with van der Waals surface area (Å²) in [7, 11) is 0. The van der Waals surface area contributed by atoms with Gasteiger partial charge in [-0.2, -0.15) is 0 Å². The first-order chi connectivity index (χ1) is 24.7. The van der Waals surface area contributed by atoms with Crippen LogP contribution in [0.1, 0.15) is 11.1 Å². The normalized spacial score (nSPS) is 13.2. The third kappa shape index (κ3) is 4.51. The fourth-order valence-corrected chi connectivity index (χ4v) is 8.80. The van der Waals surface area contributed by atoms with E-state index in [0.717, 1.165) is 38.0 Å². The number of fused-ring (bicyclic) bond motifs is 7. The second-order valence-electron chi connectivity index (χ2n) is 12.8. The molecule has 2 N–H and O–H groups in total. The Morgan fingerprint density at radius 3 is 2.06 bits per heavy atom. The number of nitrogens with two attached hydrogens (primary N) is 1. The molecule has 0 bridgehead atoms. The van der Waals surface area contributed by atoms with Gasteiger partial charge >= 0.3 is 0 Å². The van der Waals surface area contributed by atoms with Crippen LogP contribution in [0.15, 0.2) is 168 Å². The lowest BCUT2D eigenvalue weighted by Gasteiger charge is -2.32. The molecule has 4 nitrogen and oxygen atoms in total. The van der Waals surface area contributed by atoms with Crippen molar-refractivity contribution in [1.82, 2.24) is 0 Å². The van der Waals surface area contributed by atoms with E-state index in [1.165, 1.54) is 48.1 Å². The fraction of sp³-hybridized carbons (Fsp3) is 0.0222. The molecule has 0 saturated carbocycles. The average molecular weight is 659 g/mol. The van der Waals surface area contributed by atoms with Crippen LogP contribution < -0.4 is 10.6 Å². The van der Waals surface area contributed by atoms with E-state index in [-0.39, 0.29) is 0 Å². The Morgan fingerprint density at radius 2 is 1.18 bits per heavy atom. The number of anilines is 2. The molecule has 0 spiro atoms. The van der Waals surface area contributed by atoms with E-state index in [9.17, 15) is 0 Å². The molecule has 0 fully saturated rings. The Bertz CT molecular complexity index is 2870. The summed E-state index contributed by atoms with van der Waals surface area (Å²) in [5.74, 6) is 1.05. The van der Waals surface area contributed by atoms with Crippen LogP contribution in [0.2, 0.25) is 0 Å². The van der Waals surface area contributed by atoms with Crippen LogP contribution >= 0.6 is 11.3 Å². The molecule has 0 unspecified atom stereocenters. The summed E-state index contributed by atoms with van der Waals surface area (Å²) in [5, 5.41) is 9.48. The van der Waals surface area contributed by atoms with E-state index in [0.29, 0.717) is 18.3 Å². The summed E-state index contributed by atoms with van der Waals surface area (Å²) in [5.41, 5.74) is 13.5. The largest absolute Gasteiger partial charge is 0.383 e. The maximum Gasteiger partial charge on any atom is 0.160 e. The van der Waals surface area contributed by atoms with E-state index in [4.69, 9.17) is 15.7 Å². The first-order valence-electron chi connectivity index (χ1n) is 16.8. The zero-order chi connectivity index (χ0) is 33.2. The lowest BCUT2D eigenvalue weighted by Crippen LogP contribution is -2.23. The molecule has 50 heavy (non-hydrogen) atoms. The molecule has 9 aromatic rings. The van der Waals surface area contributed by atoms with Crippen LogP contribution in [0.3, 0.4) is 0 Å². The molecular weight excluding hydrogens is 629 g/mol. The van der Waals surface area contributed by atoms with E-state index < -0.39 is 0 Å². The first kappa shape index (κ1) is 28.7. The quantitative estimate of drug-likeness (QED) is 0.151. The highest BCUT2D eigenvalue weighted by Crippen LogP contribution is 2.49. The highest BCUT2D eigenvalue weighted by molar-refractivity contribution is 7.26. The van der Waals surface area contributed by atoms with Crippen molar-refractivity contribution < 1.29 is 0 Å². The van der Waals surface area contributed by atoms with E-state index in [1.54, 1.807) is 11.3 Å². The van der Waals surface area contributed by atoms with Gasteiger partial charge in [-0.1, -0.05) is 127 Å². The van der Waals surface area contributed by atoms with Gasteiger partial charge in [-0.15, -0.1) is 11.3 Å². The van der Waals surface area contributed by atoms with Crippen molar-refractivity contribution in [2.24, 2.45) is 15.7 Å². The van der Waals surface area contributed by atoms with Crippen molar-refractivity contribution in [3.63, 3.8) is 0 Å². The molecule has 5 heteroatoms. The molecule has 8 aromatic carbocycles. The number of rotatable bonds is 4. The lowest BCUT2D eigenvalue weighted by atomic mass is 9.90. The van der Waals surface area contributed by atoms with Gasteiger partial charge in [0.25, 0.3) is 0 Å². The first-order valence-corrected chi connectivity index (χ1v) is 17.6. The van der Waals surface area contributed by atoms with Gasteiger partial charge in [0.1, 0.15) is 12.5 Å². The van der Waals surface area contributed by atoms with E-state index >= 15 is 0 Å². The van der Waals surface area contributed by atoms with Gasteiger partial charge in [-0.25, -0.2) is 9.98 Å². The average Bonchev–Trinajstić information content (AvgIpc) is 3.55. The number of aliphatic imine (C=N–C) groups is 2. The number of amidine groups is 2. The molecule has 2 heterocycles. The predicted molar refractivity (Wildman–Crippen MR) is 214 cm³/mol. The van der Waals surface area contributed by atoms with Crippen LogP contribution in [0, 0.1) is 0 Å². The van der Waals surface area contributed by atoms with Crippen molar-refractivity contribution in [1.29, 1.82) is 0 Å². The molecule has 1 aliphatic rings. The van der Waals surface area contributed by atoms with Crippen molar-refractivity contribution in [3.05, 3.63) is 169 Å². The smallest absolute Gasteiger partial charge is 0.160 e. The molecule has 0 atom stereocenters. The summed E-state index contributed by atoms with van der Waals surface area (Å²) in [6.45, 7) is 0.363. The molecule has 10 rings (SSSR count). The number of hydrogen-bond donors (Lipinski definition) is 1. The SMILES string of the molecule is NC(=N/C(=N\CN1c2cc3ccccc3cc2-c2cccc3cccc1c23)c1cccc2c1sc1ccccc12)c1cccc2ccccc12. The van der Waals surface area contributed by atoms with E-state index in [2.05, 4.69) is 138 Å². The molecule has 1 aromatic heterocycles. The van der Waals surface area contributed by atoms with Gasteiger partial charge in [0, 0.05) is 42.2 Å². The highest BCUT2D eigenvalue weighted by atomic mass is 32.1. The highest BCUT2D eigenvalue weighted by Gasteiger charge is 2.25. The Labute approximate surface area is 293 Å². The maximum atomic E-state index is 6.95. The van der Waals surface area contributed by atoms with Crippen LogP contribution in [-0.2, 0) is 0 Å². The summed E-state index contributed by atoms with van der Waals surface area (Å²) < 4.78 is 2.39.